The molecule has 0 spiro atoms. The lowest BCUT2D eigenvalue weighted by atomic mass is 9.98. The molecule has 0 bridgehead atoms. The average Bonchev–Trinajstić information content (AvgIpc) is 3.59. The highest BCUT2D eigenvalue weighted by atomic mass is 32.1. The van der Waals surface area contributed by atoms with E-state index in [1.807, 2.05) is 60.8 Å². The first-order valence-corrected chi connectivity index (χ1v) is 13.6. The molecule has 40 heavy (non-hydrogen) atoms. The second-order valence-electron chi connectivity index (χ2n) is 9.39. The van der Waals surface area contributed by atoms with Gasteiger partial charge in [-0.05, 0) is 65.4 Å². The molecule has 7 nitrogen and oxygen atoms in total. The van der Waals surface area contributed by atoms with Gasteiger partial charge in [0.15, 0.2) is 11.5 Å². The zero-order valence-corrected chi connectivity index (χ0v) is 23.2. The van der Waals surface area contributed by atoms with E-state index in [1.165, 1.54) is 16.2 Å². The lowest BCUT2D eigenvalue weighted by Crippen LogP contribution is -2.28. The highest BCUT2D eigenvalue weighted by Crippen LogP contribution is 2.42. The first-order valence-electron chi connectivity index (χ1n) is 12.7. The molecule has 1 amide bonds. The number of nitrogens with zero attached hydrogens (tertiary/aromatic N) is 1. The molecule has 5 rings (SSSR count). The number of rotatable bonds is 9. The molecule has 1 atom stereocenters. The van der Waals surface area contributed by atoms with Crippen molar-refractivity contribution in [1.29, 1.82) is 0 Å². The minimum absolute atomic E-state index is 0.0604. The van der Waals surface area contributed by atoms with Gasteiger partial charge < -0.3 is 24.2 Å². The smallest absolute Gasteiger partial charge is 0.295 e. The molecule has 1 unspecified atom stereocenters. The van der Waals surface area contributed by atoms with Gasteiger partial charge in [-0.3, -0.25) is 9.59 Å². The second-order valence-corrected chi connectivity index (χ2v) is 10.4. The number of carbonyl (C=O) groups is 2. The summed E-state index contributed by atoms with van der Waals surface area (Å²) in [6, 6.07) is 23.4. The molecular weight excluding hydrogens is 526 g/mol. The fourth-order valence-corrected chi connectivity index (χ4v) is 5.66. The summed E-state index contributed by atoms with van der Waals surface area (Å²) >= 11 is 1.42. The van der Waals surface area contributed by atoms with Gasteiger partial charge >= 0.3 is 0 Å². The van der Waals surface area contributed by atoms with Crippen molar-refractivity contribution in [3.8, 4) is 17.2 Å². The Morgan fingerprint density at radius 3 is 2.30 bits per heavy atom. The normalized spacial score (nSPS) is 16.3. The molecule has 204 valence electrons. The van der Waals surface area contributed by atoms with E-state index in [0.29, 0.717) is 29.4 Å². The van der Waals surface area contributed by atoms with Crippen LogP contribution in [-0.4, -0.2) is 35.9 Å². The van der Waals surface area contributed by atoms with E-state index in [4.69, 9.17) is 14.2 Å². The minimum Gasteiger partial charge on any atom is -0.507 e. The Morgan fingerprint density at radius 2 is 1.62 bits per heavy atom. The summed E-state index contributed by atoms with van der Waals surface area (Å²) in [6.07, 6.45) is 0. The molecule has 0 saturated carbocycles. The summed E-state index contributed by atoms with van der Waals surface area (Å²) in [6.45, 7) is 2.44. The van der Waals surface area contributed by atoms with Crippen LogP contribution in [0.15, 0.2) is 89.8 Å². The van der Waals surface area contributed by atoms with Crippen molar-refractivity contribution < 1.29 is 28.9 Å². The van der Waals surface area contributed by atoms with E-state index in [-0.39, 0.29) is 17.9 Å². The first-order chi connectivity index (χ1) is 19.4. The standard InChI is InChI=1S/C32H29NO6S/c1-20-16-23(12-14-24(20)39-19-21-8-5-4-6-9-21)30(34)28-29(27-10-7-15-40-27)33(32(36)31(28)35)18-22-11-13-25(37-2)26(17-22)38-3/h4-17,29,34H,18-19H2,1-3H3/b30-28-. The van der Waals surface area contributed by atoms with Gasteiger partial charge in [0.05, 0.1) is 25.8 Å². The number of hydrogen-bond acceptors (Lipinski definition) is 7. The molecule has 8 heteroatoms. The van der Waals surface area contributed by atoms with Crippen LogP contribution in [0.2, 0.25) is 0 Å². The lowest BCUT2D eigenvalue weighted by molar-refractivity contribution is -0.140. The highest BCUT2D eigenvalue weighted by molar-refractivity contribution is 7.10. The lowest BCUT2D eigenvalue weighted by Gasteiger charge is -2.24. The van der Waals surface area contributed by atoms with Gasteiger partial charge in [0.2, 0.25) is 0 Å². The molecular formula is C32H29NO6S. The van der Waals surface area contributed by atoms with Gasteiger partial charge in [0.25, 0.3) is 11.7 Å². The number of Topliss-reactive ketones (excluding diaryl/α,β-unsaturated/α-hetero) is 1. The predicted octanol–water partition coefficient (Wildman–Crippen LogP) is 6.27. The SMILES string of the molecule is COc1ccc(CN2C(=O)C(=O)/C(=C(\O)c3ccc(OCc4ccccc4)c(C)c3)C2c2cccs2)cc1OC. The van der Waals surface area contributed by atoms with Gasteiger partial charge in [-0.25, -0.2) is 0 Å². The number of aryl methyl sites for hydroxylation is 1. The number of hydrogen-bond donors (Lipinski definition) is 1. The van der Waals surface area contributed by atoms with Crippen LogP contribution in [0.5, 0.6) is 17.2 Å². The Morgan fingerprint density at radius 1 is 0.875 bits per heavy atom. The van der Waals surface area contributed by atoms with Crippen molar-refractivity contribution in [2.75, 3.05) is 14.2 Å². The molecule has 1 saturated heterocycles. The van der Waals surface area contributed by atoms with Crippen LogP contribution >= 0.6 is 11.3 Å². The largest absolute Gasteiger partial charge is 0.507 e. The molecule has 1 aliphatic heterocycles. The summed E-state index contributed by atoms with van der Waals surface area (Å²) < 4.78 is 16.7. The van der Waals surface area contributed by atoms with E-state index in [0.717, 1.165) is 21.6 Å². The summed E-state index contributed by atoms with van der Waals surface area (Å²) in [5.74, 6) is 0.144. The van der Waals surface area contributed by atoms with Crippen LogP contribution in [0.4, 0.5) is 0 Å². The van der Waals surface area contributed by atoms with E-state index >= 15 is 0 Å². The molecule has 0 aliphatic carbocycles. The maximum Gasteiger partial charge on any atom is 0.295 e. The summed E-state index contributed by atoms with van der Waals surface area (Å²) in [5, 5.41) is 13.3. The maximum absolute atomic E-state index is 13.4. The zero-order valence-electron chi connectivity index (χ0n) is 22.4. The number of aliphatic hydroxyl groups is 1. The second kappa shape index (κ2) is 11.7. The number of likely N-dealkylation sites (tertiary alicyclic amines) is 1. The van der Waals surface area contributed by atoms with Gasteiger partial charge in [0, 0.05) is 17.0 Å². The Labute approximate surface area is 236 Å². The van der Waals surface area contributed by atoms with Crippen molar-refractivity contribution >= 4 is 28.8 Å². The summed E-state index contributed by atoms with van der Waals surface area (Å²) in [7, 11) is 3.09. The number of thiophene rings is 1. The molecule has 3 aromatic carbocycles. The predicted molar refractivity (Wildman–Crippen MR) is 154 cm³/mol. The molecule has 0 radical (unpaired) electrons. The fourth-order valence-electron chi connectivity index (χ4n) is 4.81. The quantitative estimate of drug-likeness (QED) is 0.149. The number of carbonyl (C=O) groups excluding carboxylic acids is 2. The molecule has 4 aromatic rings. The zero-order chi connectivity index (χ0) is 28.2. The number of ether oxygens (including phenoxy) is 3. The van der Waals surface area contributed by atoms with Crippen LogP contribution in [0.25, 0.3) is 5.76 Å². The third-order valence-electron chi connectivity index (χ3n) is 6.84. The summed E-state index contributed by atoms with van der Waals surface area (Å²) in [4.78, 5) is 29.0. The van der Waals surface area contributed by atoms with Gasteiger partial charge in [0.1, 0.15) is 18.1 Å². The Bertz CT molecular complexity index is 1560. The molecule has 1 aliphatic rings. The van der Waals surface area contributed by atoms with Crippen molar-refractivity contribution in [2.24, 2.45) is 0 Å². The highest BCUT2D eigenvalue weighted by Gasteiger charge is 2.46. The number of aliphatic hydroxyl groups excluding tert-OH is 1. The van der Waals surface area contributed by atoms with Crippen LogP contribution in [0, 0.1) is 6.92 Å². The van der Waals surface area contributed by atoms with E-state index < -0.39 is 17.7 Å². The van der Waals surface area contributed by atoms with Crippen LogP contribution in [-0.2, 0) is 22.7 Å². The van der Waals surface area contributed by atoms with Crippen molar-refractivity contribution in [2.45, 2.75) is 26.1 Å². The maximum atomic E-state index is 13.4. The molecule has 1 N–H and O–H groups in total. The Kier molecular flexibility index (Phi) is 7.89. The number of ketones is 1. The van der Waals surface area contributed by atoms with E-state index in [2.05, 4.69) is 0 Å². The average molecular weight is 556 g/mol. The first kappa shape index (κ1) is 27.0. The Balaban J connectivity index is 1.48. The van der Waals surface area contributed by atoms with Crippen molar-refractivity contribution in [3.63, 3.8) is 0 Å². The van der Waals surface area contributed by atoms with Gasteiger partial charge in [-0.1, -0.05) is 42.5 Å². The number of methoxy groups -OCH3 is 2. The Hall–Kier alpha value is -4.56. The third kappa shape index (κ3) is 5.31. The molecule has 2 heterocycles. The number of benzene rings is 3. The molecule has 1 fully saturated rings. The monoisotopic (exact) mass is 555 g/mol. The van der Waals surface area contributed by atoms with Crippen LogP contribution < -0.4 is 14.2 Å². The summed E-state index contributed by atoms with van der Waals surface area (Å²) in [5.41, 5.74) is 3.10. The third-order valence-corrected chi connectivity index (χ3v) is 7.76. The van der Waals surface area contributed by atoms with Gasteiger partial charge in [-0.15, -0.1) is 11.3 Å². The minimum atomic E-state index is -0.734. The van der Waals surface area contributed by atoms with Crippen LogP contribution in [0.1, 0.15) is 33.2 Å². The van der Waals surface area contributed by atoms with Gasteiger partial charge in [-0.2, -0.15) is 0 Å². The topological polar surface area (TPSA) is 85.3 Å². The van der Waals surface area contributed by atoms with Crippen molar-refractivity contribution in [1.82, 2.24) is 4.90 Å². The van der Waals surface area contributed by atoms with Crippen LogP contribution in [0.3, 0.4) is 0 Å². The fraction of sp³-hybridized carbons (Fsp3) is 0.188. The molecule has 1 aromatic heterocycles. The van der Waals surface area contributed by atoms with E-state index in [9.17, 15) is 14.7 Å². The number of amides is 1. The van der Waals surface area contributed by atoms with Crippen molar-refractivity contribution in [3.05, 3.63) is 117 Å². The van der Waals surface area contributed by atoms with E-state index in [1.54, 1.807) is 44.6 Å².